The Balaban J connectivity index is 1.90. The average Bonchev–Trinajstić information content (AvgIpc) is 2.92. The largest absolute Gasteiger partial charge is 0.318 e. The second-order valence-corrected chi connectivity index (χ2v) is 6.69. The standard InChI is InChI=1S/C12H23N5O2S/c1-13-11-12-5-2-3-9-17(12)20(18,19)15-7-10-16-8-4-6-14-16/h4,6,8,12-13,15H,2-3,5,7,9-11H2,1H3. The van der Waals surface area contributed by atoms with E-state index in [1.807, 2.05) is 19.3 Å². The molecule has 1 aromatic rings. The first-order chi connectivity index (χ1) is 9.63. The Morgan fingerprint density at radius 1 is 1.40 bits per heavy atom. The number of piperidine rings is 1. The minimum absolute atomic E-state index is 0.0518. The molecular weight excluding hydrogens is 278 g/mol. The SMILES string of the molecule is CNCC1CCCCN1S(=O)(=O)NCCn1cccn1. The van der Waals surface area contributed by atoms with Crippen LogP contribution in [-0.4, -0.2) is 55.2 Å². The molecule has 1 aliphatic heterocycles. The fraction of sp³-hybridized carbons (Fsp3) is 0.750. The van der Waals surface area contributed by atoms with Gasteiger partial charge in [-0.3, -0.25) is 4.68 Å². The lowest BCUT2D eigenvalue weighted by molar-refractivity contribution is 0.246. The van der Waals surface area contributed by atoms with Crippen molar-refractivity contribution in [1.29, 1.82) is 0 Å². The van der Waals surface area contributed by atoms with Gasteiger partial charge in [0.2, 0.25) is 0 Å². The van der Waals surface area contributed by atoms with E-state index in [0.717, 1.165) is 19.3 Å². The van der Waals surface area contributed by atoms with Crippen LogP contribution in [0.3, 0.4) is 0 Å². The van der Waals surface area contributed by atoms with Gasteiger partial charge in [0.05, 0.1) is 6.54 Å². The van der Waals surface area contributed by atoms with Gasteiger partial charge in [-0.1, -0.05) is 6.42 Å². The molecule has 0 aromatic carbocycles. The number of likely N-dealkylation sites (N-methyl/N-ethyl adjacent to an activating group) is 1. The van der Waals surface area contributed by atoms with E-state index in [1.54, 1.807) is 15.2 Å². The minimum atomic E-state index is -3.41. The Kier molecular flexibility index (Phi) is 5.53. The molecule has 1 fully saturated rings. The predicted octanol–water partition coefficient (Wildman–Crippen LogP) is -0.209. The molecule has 0 aliphatic carbocycles. The van der Waals surface area contributed by atoms with Crippen molar-refractivity contribution in [1.82, 2.24) is 24.1 Å². The number of nitrogens with one attached hydrogen (secondary N) is 2. The fourth-order valence-corrected chi connectivity index (χ4v) is 3.99. The number of aromatic nitrogens is 2. The zero-order valence-corrected chi connectivity index (χ0v) is 12.6. The van der Waals surface area contributed by atoms with E-state index in [0.29, 0.717) is 26.2 Å². The van der Waals surface area contributed by atoms with E-state index >= 15 is 0 Å². The van der Waals surface area contributed by atoms with E-state index < -0.39 is 10.2 Å². The molecule has 0 amide bonds. The van der Waals surface area contributed by atoms with Crippen molar-refractivity contribution in [3.8, 4) is 0 Å². The van der Waals surface area contributed by atoms with Crippen LogP contribution in [0.5, 0.6) is 0 Å². The molecule has 1 saturated heterocycles. The molecule has 2 rings (SSSR count). The van der Waals surface area contributed by atoms with Crippen LogP contribution in [0, 0.1) is 0 Å². The third-order valence-electron chi connectivity index (χ3n) is 3.51. The van der Waals surface area contributed by atoms with Crippen molar-refractivity contribution in [2.75, 3.05) is 26.7 Å². The Bertz CT molecular complexity index is 486. The molecule has 0 radical (unpaired) electrons. The molecule has 114 valence electrons. The normalized spacial score (nSPS) is 21.1. The molecule has 1 unspecified atom stereocenters. The van der Waals surface area contributed by atoms with Gasteiger partial charge >= 0.3 is 0 Å². The maximum Gasteiger partial charge on any atom is 0.279 e. The van der Waals surface area contributed by atoms with Crippen LogP contribution in [0.1, 0.15) is 19.3 Å². The number of hydrogen-bond donors (Lipinski definition) is 2. The van der Waals surface area contributed by atoms with Crippen molar-refractivity contribution in [3.05, 3.63) is 18.5 Å². The van der Waals surface area contributed by atoms with Crippen LogP contribution in [0.25, 0.3) is 0 Å². The Morgan fingerprint density at radius 2 is 2.25 bits per heavy atom. The first-order valence-corrected chi connectivity index (χ1v) is 8.46. The molecule has 1 aliphatic rings. The molecule has 1 atom stereocenters. The lowest BCUT2D eigenvalue weighted by Gasteiger charge is -2.34. The van der Waals surface area contributed by atoms with Crippen LogP contribution in [0.4, 0.5) is 0 Å². The summed E-state index contributed by atoms with van der Waals surface area (Å²) in [5.74, 6) is 0. The van der Waals surface area contributed by atoms with Crippen LogP contribution >= 0.6 is 0 Å². The first-order valence-electron chi connectivity index (χ1n) is 7.02. The van der Waals surface area contributed by atoms with Gasteiger partial charge in [-0.05, 0) is 26.0 Å². The number of rotatable bonds is 7. The Hall–Kier alpha value is -0.960. The van der Waals surface area contributed by atoms with Gasteiger partial charge in [-0.2, -0.15) is 17.8 Å². The second-order valence-electron chi connectivity index (χ2n) is 4.99. The summed E-state index contributed by atoms with van der Waals surface area (Å²) in [5.41, 5.74) is 0. The molecule has 7 nitrogen and oxygen atoms in total. The lowest BCUT2D eigenvalue weighted by atomic mass is 10.1. The average molecular weight is 301 g/mol. The molecule has 8 heteroatoms. The van der Waals surface area contributed by atoms with Crippen molar-refractivity contribution in [2.24, 2.45) is 0 Å². The summed E-state index contributed by atoms with van der Waals surface area (Å²) in [6, 6.07) is 1.87. The van der Waals surface area contributed by atoms with E-state index in [-0.39, 0.29) is 6.04 Å². The maximum atomic E-state index is 12.4. The van der Waals surface area contributed by atoms with E-state index in [2.05, 4.69) is 15.1 Å². The molecule has 0 bridgehead atoms. The summed E-state index contributed by atoms with van der Waals surface area (Å²) in [6.45, 7) is 2.19. The summed E-state index contributed by atoms with van der Waals surface area (Å²) >= 11 is 0. The summed E-state index contributed by atoms with van der Waals surface area (Å²) in [4.78, 5) is 0. The van der Waals surface area contributed by atoms with Crippen molar-refractivity contribution < 1.29 is 8.42 Å². The molecule has 0 saturated carbocycles. The van der Waals surface area contributed by atoms with Crippen molar-refractivity contribution >= 4 is 10.2 Å². The number of hydrogen-bond acceptors (Lipinski definition) is 4. The zero-order valence-electron chi connectivity index (χ0n) is 11.8. The van der Waals surface area contributed by atoms with Crippen LogP contribution < -0.4 is 10.0 Å². The first kappa shape index (κ1) is 15.4. The monoisotopic (exact) mass is 301 g/mol. The molecule has 0 spiro atoms. The smallest absolute Gasteiger partial charge is 0.279 e. The highest BCUT2D eigenvalue weighted by Crippen LogP contribution is 2.19. The van der Waals surface area contributed by atoms with Crippen molar-refractivity contribution in [3.63, 3.8) is 0 Å². The molecule has 2 N–H and O–H groups in total. The second kappa shape index (κ2) is 7.16. The van der Waals surface area contributed by atoms with Crippen LogP contribution in [0.2, 0.25) is 0 Å². The molecule has 1 aromatic heterocycles. The van der Waals surface area contributed by atoms with Gasteiger partial charge in [-0.15, -0.1) is 0 Å². The Morgan fingerprint density at radius 3 is 2.95 bits per heavy atom. The zero-order chi connectivity index (χ0) is 14.4. The quantitative estimate of drug-likeness (QED) is 0.730. The summed E-state index contributed by atoms with van der Waals surface area (Å²) in [5, 5.41) is 7.12. The fourth-order valence-electron chi connectivity index (χ4n) is 2.53. The molecule has 20 heavy (non-hydrogen) atoms. The van der Waals surface area contributed by atoms with Gasteiger partial charge in [0.25, 0.3) is 10.2 Å². The third kappa shape index (κ3) is 4.02. The van der Waals surface area contributed by atoms with Gasteiger partial charge in [0.1, 0.15) is 0 Å². The van der Waals surface area contributed by atoms with Crippen LogP contribution in [-0.2, 0) is 16.8 Å². The predicted molar refractivity (Wildman–Crippen MR) is 77.4 cm³/mol. The van der Waals surface area contributed by atoms with Gasteiger partial charge in [-0.25, -0.2) is 4.72 Å². The minimum Gasteiger partial charge on any atom is -0.318 e. The maximum absolute atomic E-state index is 12.4. The van der Waals surface area contributed by atoms with Crippen molar-refractivity contribution in [2.45, 2.75) is 31.8 Å². The van der Waals surface area contributed by atoms with Crippen LogP contribution in [0.15, 0.2) is 18.5 Å². The highest BCUT2D eigenvalue weighted by Gasteiger charge is 2.31. The highest BCUT2D eigenvalue weighted by molar-refractivity contribution is 7.87. The third-order valence-corrected chi connectivity index (χ3v) is 5.17. The molecule has 2 heterocycles. The number of nitrogens with zero attached hydrogens (tertiary/aromatic N) is 3. The van der Waals surface area contributed by atoms with E-state index in [4.69, 9.17) is 0 Å². The topological polar surface area (TPSA) is 79.3 Å². The van der Waals surface area contributed by atoms with Gasteiger partial charge in [0, 0.05) is 38.1 Å². The van der Waals surface area contributed by atoms with Gasteiger partial charge in [0.15, 0.2) is 0 Å². The summed E-state index contributed by atoms with van der Waals surface area (Å²) in [6.07, 6.45) is 6.44. The van der Waals surface area contributed by atoms with E-state index in [1.165, 1.54) is 0 Å². The van der Waals surface area contributed by atoms with E-state index in [9.17, 15) is 8.42 Å². The molecular formula is C12H23N5O2S. The summed E-state index contributed by atoms with van der Waals surface area (Å²) in [7, 11) is -1.55. The Labute approximate surface area is 120 Å². The summed E-state index contributed by atoms with van der Waals surface area (Å²) < 4.78 is 30.7. The lowest BCUT2D eigenvalue weighted by Crippen LogP contribution is -2.52. The highest BCUT2D eigenvalue weighted by atomic mass is 32.2. The van der Waals surface area contributed by atoms with Gasteiger partial charge < -0.3 is 5.32 Å².